The summed E-state index contributed by atoms with van der Waals surface area (Å²) in [6.07, 6.45) is 5.04. The molecule has 23 heavy (non-hydrogen) atoms. The highest BCUT2D eigenvalue weighted by Crippen LogP contribution is 2.28. The van der Waals surface area contributed by atoms with Crippen molar-refractivity contribution in [1.82, 2.24) is 9.97 Å². The average molecular weight is 301 g/mol. The Bertz CT molecular complexity index is 868. The number of hydrogen-bond donors (Lipinski definition) is 0. The van der Waals surface area contributed by atoms with Crippen molar-refractivity contribution >= 4 is 22.3 Å². The van der Waals surface area contributed by atoms with Gasteiger partial charge in [0.25, 0.3) is 0 Å². The van der Waals surface area contributed by atoms with E-state index < -0.39 is 0 Å². The molecule has 2 heterocycles. The fourth-order valence-corrected chi connectivity index (χ4v) is 3.18. The van der Waals surface area contributed by atoms with Crippen LogP contribution in [0.1, 0.15) is 17.5 Å². The lowest BCUT2D eigenvalue weighted by molar-refractivity contribution is 0.819. The van der Waals surface area contributed by atoms with Crippen LogP contribution in [0.15, 0.2) is 60.9 Å². The minimum absolute atomic E-state index is 0.893. The van der Waals surface area contributed by atoms with Gasteiger partial charge in [-0.3, -0.25) is 0 Å². The highest BCUT2D eigenvalue weighted by atomic mass is 15.2. The molecule has 0 N–H and O–H groups in total. The fourth-order valence-electron chi connectivity index (χ4n) is 3.18. The molecule has 3 heteroatoms. The van der Waals surface area contributed by atoms with Gasteiger partial charge < -0.3 is 4.90 Å². The number of aryl methyl sites for hydroxylation is 1. The summed E-state index contributed by atoms with van der Waals surface area (Å²) in [5.74, 6) is 1.04. The Morgan fingerprint density at radius 1 is 1.00 bits per heavy atom. The molecule has 3 nitrogen and oxygen atoms in total. The maximum absolute atomic E-state index is 4.56. The minimum Gasteiger partial charge on any atom is -0.352 e. The molecule has 1 aliphatic heterocycles. The van der Waals surface area contributed by atoms with Crippen LogP contribution in [0.2, 0.25) is 0 Å². The first kappa shape index (κ1) is 13.9. The van der Waals surface area contributed by atoms with Gasteiger partial charge in [0, 0.05) is 18.5 Å². The number of hydrogen-bond acceptors (Lipinski definition) is 3. The molecule has 0 fully saturated rings. The van der Waals surface area contributed by atoms with Crippen molar-refractivity contribution in [3.63, 3.8) is 0 Å². The number of nitrogens with zero attached hydrogens (tertiary/aromatic N) is 3. The summed E-state index contributed by atoms with van der Waals surface area (Å²) in [6, 6.07) is 17.0. The van der Waals surface area contributed by atoms with E-state index in [0.29, 0.717) is 0 Å². The minimum atomic E-state index is 0.893. The normalized spacial score (nSPS) is 14.8. The van der Waals surface area contributed by atoms with Crippen molar-refractivity contribution in [3.05, 3.63) is 72.1 Å². The van der Waals surface area contributed by atoms with Gasteiger partial charge in [-0.15, -0.1) is 0 Å². The topological polar surface area (TPSA) is 29.0 Å². The first-order valence-corrected chi connectivity index (χ1v) is 8.02. The molecule has 0 aliphatic carbocycles. The van der Waals surface area contributed by atoms with E-state index in [1.165, 1.54) is 16.7 Å². The summed E-state index contributed by atoms with van der Waals surface area (Å²) < 4.78 is 0. The van der Waals surface area contributed by atoms with Gasteiger partial charge in [-0.25, -0.2) is 9.97 Å². The first-order chi connectivity index (χ1) is 11.3. The summed E-state index contributed by atoms with van der Waals surface area (Å²) in [4.78, 5) is 11.3. The number of fused-ring (bicyclic) bond motifs is 1. The van der Waals surface area contributed by atoms with Gasteiger partial charge in [0.1, 0.15) is 12.1 Å². The monoisotopic (exact) mass is 301 g/mol. The highest BCUT2D eigenvalue weighted by Gasteiger charge is 2.16. The van der Waals surface area contributed by atoms with E-state index >= 15 is 0 Å². The second kappa shape index (κ2) is 5.84. The van der Waals surface area contributed by atoms with Crippen LogP contribution < -0.4 is 4.90 Å². The molecule has 2 aromatic carbocycles. The Balaban J connectivity index is 1.66. The van der Waals surface area contributed by atoms with Crippen molar-refractivity contribution < 1.29 is 0 Å². The Kier molecular flexibility index (Phi) is 3.54. The van der Waals surface area contributed by atoms with Crippen LogP contribution in [0, 0.1) is 6.92 Å². The van der Waals surface area contributed by atoms with E-state index in [0.717, 1.165) is 36.2 Å². The average Bonchev–Trinajstić information content (AvgIpc) is 2.62. The van der Waals surface area contributed by atoms with E-state index in [2.05, 4.69) is 76.4 Å². The van der Waals surface area contributed by atoms with Crippen LogP contribution in [-0.2, 0) is 0 Å². The molecule has 0 saturated heterocycles. The lowest BCUT2D eigenvalue weighted by atomic mass is 9.99. The molecule has 1 aromatic heterocycles. The van der Waals surface area contributed by atoms with Crippen molar-refractivity contribution in [3.8, 4) is 0 Å². The van der Waals surface area contributed by atoms with Crippen molar-refractivity contribution in [2.24, 2.45) is 0 Å². The lowest BCUT2D eigenvalue weighted by Gasteiger charge is -2.28. The number of rotatable bonds is 2. The molecule has 4 rings (SSSR count). The molecule has 3 aromatic rings. The van der Waals surface area contributed by atoms with Crippen molar-refractivity contribution in [2.75, 3.05) is 18.0 Å². The maximum atomic E-state index is 4.56. The van der Waals surface area contributed by atoms with Gasteiger partial charge in [-0.05, 0) is 36.6 Å². The van der Waals surface area contributed by atoms with E-state index in [-0.39, 0.29) is 0 Å². The Morgan fingerprint density at radius 2 is 1.87 bits per heavy atom. The smallest absolute Gasteiger partial charge is 0.140 e. The van der Waals surface area contributed by atoms with Crippen molar-refractivity contribution in [1.29, 1.82) is 0 Å². The zero-order chi connectivity index (χ0) is 15.6. The summed E-state index contributed by atoms with van der Waals surface area (Å²) >= 11 is 0. The molecule has 0 bridgehead atoms. The van der Waals surface area contributed by atoms with Gasteiger partial charge in [-0.2, -0.15) is 0 Å². The summed E-state index contributed by atoms with van der Waals surface area (Å²) in [5.41, 5.74) is 5.01. The van der Waals surface area contributed by atoms with Gasteiger partial charge in [0.2, 0.25) is 0 Å². The molecule has 0 amide bonds. The summed E-state index contributed by atoms with van der Waals surface area (Å²) in [6.45, 7) is 3.99. The lowest BCUT2D eigenvalue weighted by Crippen LogP contribution is -2.29. The Hall–Kier alpha value is -2.68. The molecule has 0 atom stereocenters. The Morgan fingerprint density at radius 3 is 2.65 bits per heavy atom. The van der Waals surface area contributed by atoms with E-state index in [1.807, 2.05) is 0 Å². The zero-order valence-electron chi connectivity index (χ0n) is 13.2. The van der Waals surface area contributed by atoms with Gasteiger partial charge in [0.15, 0.2) is 0 Å². The zero-order valence-corrected chi connectivity index (χ0v) is 13.2. The molecule has 0 saturated carbocycles. The molecule has 1 aliphatic rings. The van der Waals surface area contributed by atoms with E-state index in [1.54, 1.807) is 6.33 Å². The summed E-state index contributed by atoms with van der Waals surface area (Å²) in [7, 11) is 0. The van der Waals surface area contributed by atoms with Crippen LogP contribution >= 0.6 is 0 Å². The van der Waals surface area contributed by atoms with Crippen LogP contribution in [0.3, 0.4) is 0 Å². The predicted molar refractivity (Wildman–Crippen MR) is 95.5 cm³/mol. The van der Waals surface area contributed by atoms with Crippen LogP contribution in [0.5, 0.6) is 0 Å². The van der Waals surface area contributed by atoms with Gasteiger partial charge in [-0.1, -0.05) is 48.0 Å². The molecule has 0 radical (unpaired) electrons. The molecular formula is C20H19N3. The van der Waals surface area contributed by atoms with Gasteiger partial charge >= 0.3 is 0 Å². The third kappa shape index (κ3) is 2.70. The maximum Gasteiger partial charge on any atom is 0.140 e. The molecule has 114 valence electrons. The second-order valence-corrected chi connectivity index (χ2v) is 6.01. The number of benzene rings is 2. The van der Waals surface area contributed by atoms with Crippen molar-refractivity contribution in [2.45, 2.75) is 13.3 Å². The van der Waals surface area contributed by atoms with E-state index in [4.69, 9.17) is 0 Å². The largest absolute Gasteiger partial charge is 0.352 e. The highest BCUT2D eigenvalue weighted by molar-refractivity contribution is 5.90. The third-order valence-corrected chi connectivity index (χ3v) is 4.42. The molecular weight excluding hydrogens is 282 g/mol. The molecule has 0 spiro atoms. The second-order valence-electron chi connectivity index (χ2n) is 6.01. The van der Waals surface area contributed by atoms with Crippen LogP contribution in [0.4, 0.5) is 5.82 Å². The standard InChI is InChI=1S/C20H19N3/c1-15-7-8-19-18(13-15)20(22-14-21-19)23-11-9-17(10-12-23)16-5-3-2-4-6-16/h2-9,13-14H,10-12H2,1H3. The van der Waals surface area contributed by atoms with Crippen LogP contribution in [-0.4, -0.2) is 23.1 Å². The van der Waals surface area contributed by atoms with Crippen LogP contribution in [0.25, 0.3) is 16.5 Å². The summed E-state index contributed by atoms with van der Waals surface area (Å²) in [5, 5.41) is 1.14. The third-order valence-electron chi connectivity index (χ3n) is 4.42. The number of aromatic nitrogens is 2. The molecule has 0 unspecified atom stereocenters. The Labute approximate surface area is 136 Å². The first-order valence-electron chi connectivity index (χ1n) is 8.02. The predicted octanol–water partition coefficient (Wildman–Crippen LogP) is 4.23. The van der Waals surface area contributed by atoms with E-state index in [9.17, 15) is 0 Å². The quantitative estimate of drug-likeness (QED) is 0.709. The van der Waals surface area contributed by atoms with Gasteiger partial charge in [0.05, 0.1) is 5.52 Å². The fraction of sp³-hybridized carbons (Fsp3) is 0.200. The SMILES string of the molecule is Cc1ccc2ncnc(N3CC=C(c4ccccc4)CC3)c2c1. The number of anilines is 1.